The summed E-state index contributed by atoms with van der Waals surface area (Å²) in [6.07, 6.45) is -4.22. The van der Waals surface area contributed by atoms with Crippen LogP contribution in [0, 0.1) is 5.21 Å². The fourth-order valence-electron chi connectivity index (χ4n) is 3.07. The van der Waals surface area contributed by atoms with Gasteiger partial charge in [0.25, 0.3) is 5.82 Å². The van der Waals surface area contributed by atoms with E-state index in [2.05, 4.69) is 5.32 Å². The molecule has 1 atom stereocenters. The fourth-order valence-corrected chi connectivity index (χ4v) is 3.44. The van der Waals surface area contributed by atoms with Crippen LogP contribution in [0.15, 0.2) is 30.5 Å². The summed E-state index contributed by atoms with van der Waals surface area (Å²) < 4.78 is 49.2. The molecular formula is C17H15Cl2F3N2O2. The zero-order chi connectivity index (χ0) is 19.3. The van der Waals surface area contributed by atoms with Gasteiger partial charge in [-0.3, -0.25) is 0 Å². The van der Waals surface area contributed by atoms with E-state index >= 15 is 0 Å². The largest absolute Gasteiger partial charge is 0.711 e. The second-order valence-electron chi connectivity index (χ2n) is 6.32. The van der Waals surface area contributed by atoms with Crippen molar-refractivity contribution in [1.82, 2.24) is 0 Å². The molecule has 1 aromatic heterocycles. The van der Waals surface area contributed by atoms with Gasteiger partial charge in [0.15, 0.2) is 5.41 Å². The van der Waals surface area contributed by atoms with Crippen LogP contribution < -0.4 is 10.0 Å². The number of hydrogen-bond acceptors (Lipinski definition) is 3. The number of halogens is 5. The van der Waals surface area contributed by atoms with Crippen LogP contribution in [0.1, 0.15) is 25.0 Å². The van der Waals surface area contributed by atoms with Gasteiger partial charge in [-0.25, -0.2) is 10.0 Å². The van der Waals surface area contributed by atoms with Crippen LogP contribution in [0.5, 0.6) is 0 Å². The van der Waals surface area contributed by atoms with Crippen molar-refractivity contribution in [3.05, 3.63) is 56.8 Å². The predicted molar refractivity (Wildman–Crippen MR) is 93.1 cm³/mol. The summed E-state index contributed by atoms with van der Waals surface area (Å²) in [6.45, 7) is 2.56. The maximum Gasteiger partial charge on any atom is 0.405 e. The monoisotopic (exact) mass is 406 g/mol. The Bertz CT molecular complexity index is 859. The number of nitrogens with zero attached hydrogens (tertiary/aromatic N) is 1. The average Bonchev–Trinajstić information content (AvgIpc) is 2.51. The van der Waals surface area contributed by atoms with Crippen molar-refractivity contribution in [2.45, 2.75) is 31.5 Å². The molecule has 0 spiro atoms. The molecule has 0 saturated heterocycles. The van der Waals surface area contributed by atoms with E-state index in [1.165, 1.54) is 18.2 Å². The number of rotatable bonds is 3. The highest BCUT2D eigenvalue weighted by Crippen LogP contribution is 2.54. The predicted octanol–water partition coefficient (Wildman–Crippen LogP) is 4.96. The van der Waals surface area contributed by atoms with Crippen LogP contribution in [-0.4, -0.2) is 18.9 Å². The van der Waals surface area contributed by atoms with Crippen molar-refractivity contribution in [2.75, 3.05) is 11.9 Å². The summed E-state index contributed by atoms with van der Waals surface area (Å²) in [5.41, 5.74) is -2.87. The fraction of sp³-hybridized carbons (Fsp3) is 0.353. The summed E-state index contributed by atoms with van der Waals surface area (Å²) in [7, 11) is 0. The zero-order valence-electron chi connectivity index (χ0n) is 13.8. The molecule has 1 N–H and O–H groups in total. The van der Waals surface area contributed by atoms with Gasteiger partial charge in [-0.15, -0.1) is 0 Å². The van der Waals surface area contributed by atoms with E-state index in [0.29, 0.717) is 4.73 Å². The topological polar surface area (TPSA) is 48.2 Å². The Labute approximate surface area is 158 Å². The van der Waals surface area contributed by atoms with E-state index in [1.54, 1.807) is 13.8 Å². The molecular weight excluding hydrogens is 392 g/mol. The van der Waals surface area contributed by atoms with Crippen molar-refractivity contribution in [3.63, 3.8) is 0 Å². The molecule has 26 heavy (non-hydrogen) atoms. The molecule has 1 aliphatic heterocycles. The Morgan fingerprint density at radius 3 is 2.46 bits per heavy atom. The van der Waals surface area contributed by atoms with E-state index in [9.17, 15) is 18.4 Å². The number of hydrogen-bond donors (Lipinski definition) is 1. The van der Waals surface area contributed by atoms with Gasteiger partial charge in [0.05, 0.1) is 23.3 Å². The molecule has 0 saturated carbocycles. The zero-order valence-corrected chi connectivity index (χ0v) is 15.3. The van der Waals surface area contributed by atoms with E-state index in [1.807, 2.05) is 0 Å². The number of aromatic nitrogens is 1. The average molecular weight is 407 g/mol. The van der Waals surface area contributed by atoms with E-state index in [4.69, 9.17) is 27.9 Å². The van der Waals surface area contributed by atoms with Gasteiger partial charge < -0.3 is 9.94 Å². The second-order valence-corrected chi connectivity index (χ2v) is 7.20. The van der Waals surface area contributed by atoms with Gasteiger partial charge in [-0.1, -0.05) is 23.2 Å². The molecule has 9 heteroatoms. The maximum atomic E-state index is 14.5. The van der Waals surface area contributed by atoms with Crippen molar-refractivity contribution in [2.24, 2.45) is 0 Å². The van der Waals surface area contributed by atoms with Crippen LogP contribution in [-0.2, 0) is 10.2 Å². The molecule has 0 aliphatic carbocycles. The van der Waals surface area contributed by atoms with E-state index < -0.39 is 24.3 Å². The second kappa shape index (κ2) is 6.48. The third-order valence-corrected chi connectivity index (χ3v) is 4.71. The Morgan fingerprint density at radius 2 is 1.85 bits per heavy atom. The Balaban J connectivity index is 2.38. The molecule has 2 heterocycles. The normalized spacial score (nSPS) is 19.1. The minimum Gasteiger partial charge on any atom is -0.711 e. The minimum atomic E-state index is -4.77. The molecule has 0 unspecified atom stereocenters. The first kappa shape index (κ1) is 19.1. The van der Waals surface area contributed by atoms with Crippen molar-refractivity contribution >= 4 is 34.7 Å². The van der Waals surface area contributed by atoms with Crippen LogP contribution in [0.25, 0.3) is 0 Å². The lowest BCUT2D eigenvalue weighted by Gasteiger charge is -2.40. The summed E-state index contributed by atoms with van der Waals surface area (Å²) >= 11 is 11.9. The minimum absolute atomic E-state index is 0.107. The molecule has 0 fully saturated rings. The van der Waals surface area contributed by atoms with Crippen LogP contribution in [0.2, 0.25) is 10.0 Å². The standard InChI is InChI=1S/C17H15Cl2F3N2O2/c1-9(2)26-8-16(17(20,21)22)12-5-10(18)3-4-14(12)23-15-13(16)6-11(19)7-24(15)25/h3-7,9,23H,8H2,1-2H3/t16-/m1/s1. The van der Waals surface area contributed by atoms with Crippen molar-refractivity contribution < 1.29 is 22.6 Å². The molecule has 4 nitrogen and oxygen atoms in total. The maximum absolute atomic E-state index is 14.5. The summed E-state index contributed by atoms with van der Waals surface area (Å²) in [5.74, 6) is -0.242. The van der Waals surface area contributed by atoms with Gasteiger partial charge in [0.1, 0.15) is 11.9 Å². The summed E-state index contributed by atoms with van der Waals surface area (Å²) in [5, 5.41) is 15.0. The lowest BCUT2D eigenvalue weighted by molar-refractivity contribution is -0.590. The van der Waals surface area contributed by atoms with Crippen molar-refractivity contribution in [1.29, 1.82) is 0 Å². The highest BCUT2D eigenvalue weighted by atomic mass is 35.5. The van der Waals surface area contributed by atoms with Gasteiger partial charge in [-0.2, -0.15) is 13.2 Å². The van der Waals surface area contributed by atoms with Gasteiger partial charge in [0.2, 0.25) is 0 Å². The molecule has 2 aromatic rings. The molecule has 3 rings (SSSR count). The number of fused-ring (bicyclic) bond motifs is 2. The molecule has 1 aromatic carbocycles. The third kappa shape index (κ3) is 2.98. The Morgan fingerprint density at radius 1 is 1.19 bits per heavy atom. The highest BCUT2D eigenvalue weighted by Gasteiger charge is 2.63. The smallest absolute Gasteiger partial charge is 0.405 e. The number of ether oxygens (including phenoxy) is 1. The molecule has 1 aliphatic rings. The van der Waals surface area contributed by atoms with E-state index in [-0.39, 0.29) is 32.7 Å². The summed E-state index contributed by atoms with van der Waals surface area (Å²) in [4.78, 5) is 0. The van der Waals surface area contributed by atoms with Crippen LogP contribution in [0.3, 0.4) is 0 Å². The van der Waals surface area contributed by atoms with Crippen LogP contribution >= 0.6 is 23.2 Å². The number of alkyl halides is 3. The quantitative estimate of drug-likeness (QED) is 0.578. The van der Waals surface area contributed by atoms with Gasteiger partial charge in [0, 0.05) is 10.6 Å². The van der Waals surface area contributed by atoms with Crippen LogP contribution in [0.4, 0.5) is 24.7 Å². The van der Waals surface area contributed by atoms with E-state index in [0.717, 1.165) is 12.3 Å². The Hall–Kier alpha value is -1.70. The van der Waals surface area contributed by atoms with Gasteiger partial charge in [-0.05, 0) is 38.1 Å². The van der Waals surface area contributed by atoms with Gasteiger partial charge >= 0.3 is 6.18 Å². The molecule has 0 bridgehead atoms. The molecule has 140 valence electrons. The number of pyridine rings is 1. The first-order chi connectivity index (χ1) is 12.1. The SMILES string of the molecule is CC(C)OC[C@@]1(C(F)(F)F)c2cc(Cl)ccc2Nc2c1cc(Cl)c[n+]2[O-]. The Kier molecular flexibility index (Phi) is 4.75. The number of benzene rings is 1. The van der Waals surface area contributed by atoms with Crippen molar-refractivity contribution in [3.8, 4) is 0 Å². The summed E-state index contributed by atoms with van der Waals surface area (Å²) in [6, 6.07) is 5.23. The molecule has 0 amide bonds. The lowest BCUT2D eigenvalue weighted by atomic mass is 9.71. The number of anilines is 2. The third-order valence-electron chi connectivity index (χ3n) is 4.27. The first-order valence-electron chi connectivity index (χ1n) is 7.75. The number of nitrogens with one attached hydrogen (secondary N) is 1. The highest BCUT2D eigenvalue weighted by molar-refractivity contribution is 6.31. The first-order valence-corrected chi connectivity index (χ1v) is 8.50. The lowest BCUT2D eigenvalue weighted by Crippen LogP contribution is -2.52. The molecule has 0 radical (unpaired) electrons.